The molecule has 4 fully saturated rings. The lowest BCUT2D eigenvalue weighted by atomic mass is 9.73. The van der Waals surface area contributed by atoms with E-state index >= 15 is 0 Å². The molecule has 0 aromatic carbocycles. The van der Waals surface area contributed by atoms with E-state index in [9.17, 15) is 0 Å². The van der Waals surface area contributed by atoms with E-state index in [1.807, 2.05) is 5.57 Å². The van der Waals surface area contributed by atoms with Gasteiger partial charge in [-0.25, -0.2) is 0 Å². The van der Waals surface area contributed by atoms with Crippen molar-refractivity contribution in [3.63, 3.8) is 0 Å². The van der Waals surface area contributed by atoms with E-state index in [2.05, 4.69) is 32.1 Å². The Kier molecular flexibility index (Phi) is 3.39. The summed E-state index contributed by atoms with van der Waals surface area (Å²) < 4.78 is 0. The summed E-state index contributed by atoms with van der Waals surface area (Å²) in [6.07, 6.45) is 20.3. The second kappa shape index (κ2) is 5.14. The molecule has 0 radical (unpaired) electrons. The molecule has 0 aliphatic heterocycles. The molecule has 1 spiro atoms. The summed E-state index contributed by atoms with van der Waals surface area (Å²) in [5, 5.41) is 0. The maximum atomic E-state index is 2.56. The molecule has 114 valence electrons. The van der Waals surface area contributed by atoms with Gasteiger partial charge in [-0.2, -0.15) is 0 Å². The minimum absolute atomic E-state index is 0.769. The fourth-order valence-corrected chi connectivity index (χ4v) is 5.88. The number of allylic oxidation sites excluding steroid dienone is 6. The van der Waals surface area contributed by atoms with Gasteiger partial charge in [0, 0.05) is 0 Å². The number of hydrogen-bond acceptors (Lipinski definition) is 0. The number of hydrogen-bond donors (Lipinski definition) is 0. The van der Waals surface area contributed by atoms with Gasteiger partial charge in [-0.1, -0.05) is 41.9 Å². The smallest absolute Gasteiger partial charge is 0.0141 e. The standard InChI is InChI=1S/C21H30/c1-3-17-8-6-16(13-15(17)2)7-9-18-5-4-12-21-14-19(21)10-11-20(18)21/h3,7,9,15,19-20H,4-6,8,10-14H2,1-2H3/b16-7-,17-3-,18-9+. The second-order valence-corrected chi connectivity index (χ2v) is 8.15. The molecule has 0 aromatic rings. The zero-order valence-corrected chi connectivity index (χ0v) is 13.8. The van der Waals surface area contributed by atoms with Crippen molar-refractivity contribution < 1.29 is 0 Å². The first kappa shape index (κ1) is 13.9. The summed E-state index contributed by atoms with van der Waals surface area (Å²) in [6, 6.07) is 0. The van der Waals surface area contributed by atoms with E-state index < -0.39 is 0 Å². The first-order chi connectivity index (χ1) is 10.2. The Hall–Kier alpha value is -0.780. The Balaban J connectivity index is 1.49. The SMILES string of the molecule is C/C=C1/CC/C(=C/C=C2\CCCC34CC3CCC24)CC1C. The summed E-state index contributed by atoms with van der Waals surface area (Å²) in [5.74, 6) is 2.86. The van der Waals surface area contributed by atoms with Crippen LogP contribution in [0, 0.1) is 23.2 Å². The van der Waals surface area contributed by atoms with Crippen molar-refractivity contribution in [3.8, 4) is 0 Å². The van der Waals surface area contributed by atoms with Crippen LogP contribution in [0.15, 0.2) is 34.9 Å². The molecular weight excluding hydrogens is 252 g/mol. The van der Waals surface area contributed by atoms with Gasteiger partial charge >= 0.3 is 0 Å². The fourth-order valence-electron chi connectivity index (χ4n) is 5.88. The van der Waals surface area contributed by atoms with Crippen LogP contribution in [-0.4, -0.2) is 0 Å². The molecule has 4 saturated carbocycles. The summed E-state index contributed by atoms with van der Waals surface area (Å²) in [5.41, 5.74) is 6.00. The van der Waals surface area contributed by atoms with E-state index in [4.69, 9.17) is 0 Å². The quantitative estimate of drug-likeness (QED) is 0.502. The third-order valence-corrected chi connectivity index (χ3v) is 7.17. The largest absolute Gasteiger partial charge is 0.0882 e. The average Bonchev–Trinajstić information content (AvgIpc) is 3.06. The highest BCUT2D eigenvalue weighted by atomic mass is 14.7. The zero-order chi connectivity index (χ0) is 14.4. The summed E-state index contributed by atoms with van der Waals surface area (Å²) in [6.45, 7) is 4.60. The molecule has 0 heterocycles. The fraction of sp³-hybridized carbons (Fsp3) is 0.714. The van der Waals surface area contributed by atoms with Gasteiger partial charge < -0.3 is 0 Å². The van der Waals surface area contributed by atoms with Gasteiger partial charge in [0.05, 0.1) is 0 Å². The molecule has 4 unspecified atom stereocenters. The molecule has 0 bridgehead atoms. The molecule has 4 aliphatic rings. The molecule has 0 saturated heterocycles. The third-order valence-electron chi connectivity index (χ3n) is 7.17. The van der Waals surface area contributed by atoms with Crippen LogP contribution in [0.25, 0.3) is 0 Å². The first-order valence-electron chi connectivity index (χ1n) is 9.26. The predicted molar refractivity (Wildman–Crippen MR) is 90.1 cm³/mol. The van der Waals surface area contributed by atoms with E-state index in [-0.39, 0.29) is 0 Å². The van der Waals surface area contributed by atoms with E-state index in [1.54, 1.807) is 17.6 Å². The van der Waals surface area contributed by atoms with Crippen molar-refractivity contribution in [2.24, 2.45) is 23.2 Å². The summed E-state index contributed by atoms with van der Waals surface area (Å²) in [7, 11) is 0. The maximum Gasteiger partial charge on any atom is -0.0141 e. The molecule has 0 aromatic heterocycles. The van der Waals surface area contributed by atoms with Crippen LogP contribution in [0.4, 0.5) is 0 Å². The van der Waals surface area contributed by atoms with Gasteiger partial charge in [0.25, 0.3) is 0 Å². The molecule has 4 atom stereocenters. The maximum absolute atomic E-state index is 2.56. The van der Waals surface area contributed by atoms with E-state index in [1.165, 1.54) is 51.4 Å². The van der Waals surface area contributed by atoms with Crippen molar-refractivity contribution in [2.45, 2.75) is 71.6 Å². The predicted octanol–water partition coefficient (Wildman–Crippen LogP) is 6.21. The Morgan fingerprint density at radius 3 is 2.71 bits per heavy atom. The highest BCUT2D eigenvalue weighted by Gasteiger charge is 2.63. The van der Waals surface area contributed by atoms with Crippen LogP contribution in [0.2, 0.25) is 0 Å². The Morgan fingerprint density at radius 1 is 1.05 bits per heavy atom. The topological polar surface area (TPSA) is 0 Å². The second-order valence-electron chi connectivity index (χ2n) is 8.15. The zero-order valence-electron chi connectivity index (χ0n) is 13.8. The van der Waals surface area contributed by atoms with Crippen molar-refractivity contribution in [1.82, 2.24) is 0 Å². The molecule has 0 N–H and O–H groups in total. The van der Waals surface area contributed by atoms with Crippen molar-refractivity contribution >= 4 is 0 Å². The first-order valence-corrected chi connectivity index (χ1v) is 9.26. The van der Waals surface area contributed by atoms with E-state index in [0.717, 1.165) is 23.2 Å². The van der Waals surface area contributed by atoms with Gasteiger partial charge in [0.2, 0.25) is 0 Å². The average molecular weight is 282 g/mol. The van der Waals surface area contributed by atoms with Gasteiger partial charge in [-0.15, -0.1) is 0 Å². The van der Waals surface area contributed by atoms with Crippen LogP contribution >= 0.6 is 0 Å². The molecule has 21 heavy (non-hydrogen) atoms. The van der Waals surface area contributed by atoms with Crippen molar-refractivity contribution in [1.29, 1.82) is 0 Å². The molecular formula is C21H30. The lowest BCUT2D eigenvalue weighted by molar-refractivity contribution is 0.294. The highest BCUT2D eigenvalue weighted by Crippen LogP contribution is 2.72. The van der Waals surface area contributed by atoms with Crippen LogP contribution in [-0.2, 0) is 0 Å². The lowest BCUT2D eigenvalue weighted by Gasteiger charge is -2.31. The minimum atomic E-state index is 0.769. The Bertz CT molecular complexity index is 518. The minimum Gasteiger partial charge on any atom is -0.0882 e. The molecule has 4 rings (SSSR count). The molecule has 0 nitrogen and oxygen atoms in total. The van der Waals surface area contributed by atoms with Crippen LogP contribution in [0.3, 0.4) is 0 Å². The summed E-state index contributed by atoms with van der Waals surface area (Å²) >= 11 is 0. The van der Waals surface area contributed by atoms with Gasteiger partial charge in [-0.05, 0) is 87.9 Å². The summed E-state index contributed by atoms with van der Waals surface area (Å²) in [4.78, 5) is 0. The number of rotatable bonds is 1. The third kappa shape index (κ3) is 2.26. The van der Waals surface area contributed by atoms with Crippen LogP contribution in [0.1, 0.15) is 71.6 Å². The normalized spacial score (nSPS) is 47.7. The van der Waals surface area contributed by atoms with E-state index in [0.29, 0.717) is 0 Å². The monoisotopic (exact) mass is 282 g/mol. The Labute approximate surface area is 130 Å². The van der Waals surface area contributed by atoms with Crippen LogP contribution < -0.4 is 0 Å². The van der Waals surface area contributed by atoms with Crippen LogP contribution in [0.5, 0.6) is 0 Å². The van der Waals surface area contributed by atoms with Gasteiger partial charge in [0.15, 0.2) is 0 Å². The van der Waals surface area contributed by atoms with Gasteiger partial charge in [-0.3, -0.25) is 0 Å². The highest BCUT2D eigenvalue weighted by molar-refractivity contribution is 5.30. The van der Waals surface area contributed by atoms with Gasteiger partial charge in [0.1, 0.15) is 0 Å². The molecule has 4 aliphatic carbocycles. The van der Waals surface area contributed by atoms with Crippen molar-refractivity contribution in [3.05, 3.63) is 34.9 Å². The van der Waals surface area contributed by atoms with Crippen molar-refractivity contribution in [2.75, 3.05) is 0 Å². The molecule has 0 amide bonds. The Morgan fingerprint density at radius 2 is 1.95 bits per heavy atom. The lowest BCUT2D eigenvalue weighted by Crippen LogP contribution is -2.20. The molecule has 0 heteroatoms.